The summed E-state index contributed by atoms with van der Waals surface area (Å²) in [5.41, 5.74) is 2.30. The normalized spacial score (nSPS) is 10.6. The number of fused-ring (bicyclic) bond motifs is 1. The molecule has 0 bridgehead atoms. The minimum Gasteiger partial charge on any atom is -0.481 e. The van der Waals surface area contributed by atoms with E-state index in [0.717, 1.165) is 16.6 Å². The topological polar surface area (TPSA) is 66.0 Å². The Morgan fingerprint density at radius 3 is 3.07 bits per heavy atom. The Morgan fingerprint density at radius 2 is 2.36 bits per heavy atom. The first-order valence-electron chi connectivity index (χ1n) is 4.03. The van der Waals surface area contributed by atoms with Crippen LogP contribution in [0.25, 0.3) is 11.0 Å². The molecule has 4 nitrogen and oxygen atoms in total. The van der Waals surface area contributed by atoms with Crippen molar-refractivity contribution >= 4 is 29.6 Å². The van der Waals surface area contributed by atoms with Gasteiger partial charge in [0.2, 0.25) is 0 Å². The lowest BCUT2D eigenvalue weighted by Crippen LogP contribution is -1.99. The Bertz CT molecular complexity index is 493. The van der Waals surface area contributed by atoms with E-state index in [-0.39, 0.29) is 6.42 Å². The van der Waals surface area contributed by atoms with E-state index >= 15 is 0 Å². The highest BCUT2D eigenvalue weighted by atomic mass is 32.1. The molecule has 72 valence electrons. The summed E-state index contributed by atoms with van der Waals surface area (Å²) in [6.45, 7) is 0. The van der Waals surface area contributed by atoms with E-state index in [2.05, 4.69) is 22.6 Å². The van der Waals surface area contributed by atoms with E-state index in [1.54, 1.807) is 18.5 Å². The second-order valence-electron chi connectivity index (χ2n) is 2.98. The molecule has 0 fully saturated rings. The minimum atomic E-state index is -0.850. The molecule has 0 aliphatic rings. The van der Waals surface area contributed by atoms with Gasteiger partial charge in [-0.25, -0.2) is 4.98 Å². The smallest absolute Gasteiger partial charge is 0.307 e. The van der Waals surface area contributed by atoms with Gasteiger partial charge in [-0.2, -0.15) is 0 Å². The molecular weight excluding hydrogens is 200 g/mol. The van der Waals surface area contributed by atoms with Crippen LogP contribution in [-0.4, -0.2) is 21.0 Å². The largest absolute Gasteiger partial charge is 0.481 e. The fraction of sp³-hybridized carbons (Fsp3) is 0.111. The van der Waals surface area contributed by atoms with Crippen LogP contribution in [0.5, 0.6) is 0 Å². The second-order valence-corrected chi connectivity index (χ2v) is 3.47. The molecule has 1 aromatic heterocycles. The van der Waals surface area contributed by atoms with E-state index in [1.807, 2.05) is 0 Å². The van der Waals surface area contributed by atoms with Crippen LogP contribution in [0.1, 0.15) is 5.56 Å². The van der Waals surface area contributed by atoms with Gasteiger partial charge in [0.15, 0.2) is 0 Å². The highest BCUT2D eigenvalue weighted by molar-refractivity contribution is 7.80. The van der Waals surface area contributed by atoms with Gasteiger partial charge >= 0.3 is 5.97 Å². The molecule has 0 spiro atoms. The number of H-pyrrole nitrogens is 1. The monoisotopic (exact) mass is 208 g/mol. The maximum absolute atomic E-state index is 10.5. The number of rotatable bonds is 2. The Balaban J connectivity index is 2.53. The molecular formula is C9H8N2O2S. The number of aliphatic carboxylic acids is 1. The lowest BCUT2D eigenvalue weighted by atomic mass is 10.1. The predicted octanol–water partition coefficient (Wildman–Crippen LogP) is 1.48. The first-order valence-corrected chi connectivity index (χ1v) is 4.48. The number of imidazole rings is 1. The summed E-state index contributed by atoms with van der Waals surface area (Å²) in [4.78, 5) is 18.2. The lowest BCUT2D eigenvalue weighted by Gasteiger charge is -1.99. The number of hydrogen-bond donors (Lipinski definition) is 3. The summed E-state index contributed by atoms with van der Waals surface area (Å²) in [5, 5.41) is 8.63. The Hall–Kier alpha value is -1.49. The number of carboxylic acids is 1. The van der Waals surface area contributed by atoms with Crippen molar-refractivity contribution in [2.24, 2.45) is 0 Å². The fourth-order valence-corrected chi connectivity index (χ4v) is 1.71. The Morgan fingerprint density at radius 1 is 1.57 bits per heavy atom. The molecule has 0 radical (unpaired) electrons. The number of nitrogens with zero attached hydrogens (tertiary/aromatic N) is 1. The highest BCUT2D eigenvalue weighted by Gasteiger charge is 2.06. The third-order valence-electron chi connectivity index (χ3n) is 1.92. The van der Waals surface area contributed by atoms with Gasteiger partial charge < -0.3 is 10.1 Å². The molecule has 1 aromatic carbocycles. The summed E-state index contributed by atoms with van der Waals surface area (Å²) < 4.78 is 0. The van der Waals surface area contributed by atoms with Crippen LogP contribution < -0.4 is 0 Å². The summed E-state index contributed by atoms with van der Waals surface area (Å²) in [6.07, 6.45) is 1.57. The number of aromatic amines is 1. The molecule has 14 heavy (non-hydrogen) atoms. The SMILES string of the molecule is O=C(O)Cc1cc(S)c2nc[nH]c2c1. The fourth-order valence-electron chi connectivity index (χ4n) is 1.37. The van der Waals surface area contributed by atoms with Crippen molar-refractivity contribution in [2.75, 3.05) is 0 Å². The van der Waals surface area contributed by atoms with Gasteiger partial charge in [0.1, 0.15) is 5.52 Å². The van der Waals surface area contributed by atoms with Crippen LogP contribution in [0.4, 0.5) is 0 Å². The molecule has 2 N–H and O–H groups in total. The average molecular weight is 208 g/mol. The van der Waals surface area contributed by atoms with Crippen molar-refractivity contribution in [3.05, 3.63) is 24.0 Å². The van der Waals surface area contributed by atoms with Crippen LogP contribution in [0, 0.1) is 0 Å². The minimum absolute atomic E-state index is 0.00250. The van der Waals surface area contributed by atoms with Crippen molar-refractivity contribution in [1.29, 1.82) is 0 Å². The number of carbonyl (C=O) groups is 1. The van der Waals surface area contributed by atoms with Crippen LogP contribution in [-0.2, 0) is 11.2 Å². The second kappa shape index (κ2) is 3.34. The zero-order valence-electron chi connectivity index (χ0n) is 7.19. The summed E-state index contributed by atoms with van der Waals surface area (Å²) in [7, 11) is 0. The van der Waals surface area contributed by atoms with Crippen molar-refractivity contribution in [3.8, 4) is 0 Å². The van der Waals surface area contributed by atoms with Crippen molar-refractivity contribution in [2.45, 2.75) is 11.3 Å². The standard InChI is InChI=1S/C9H8N2O2S/c12-8(13)3-5-1-6-9(7(14)2-5)11-4-10-6/h1-2,4,14H,3H2,(H,10,11)(H,12,13). The molecule has 0 unspecified atom stereocenters. The van der Waals surface area contributed by atoms with E-state index in [4.69, 9.17) is 5.11 Å². The molecule has 0 saturated heterocycles. The Labute approximate surface area is 85.4 Å². The van der Waals surface area contributed by atoms with Crippen molar-refractivity contribution in [3.63, 3.8) is 0 Å². The molecule has 0 amide bonds. The molecule has 2 aromatic rings. The van der Waals surface area contributed by atoms with Gasteiger partial charge in [-0.05, 0) is 17.7 Å². The first-order chi connectivity index (χ1) is 6.66. The van der Waals surface area contributed by atoms with Gasteiger partial charge in [0.25, 0.3) is 0 Å². The van der Waals surface area contributed by atoms with Gasteiger partial charge in [-0.1, -0.05) is 0 Å². The molecule has 2 rings (SSSR count). The third kappa shape index (κ3) is 1.58. The summed E-state index contributed by atoms with van der Waals surface area (Å²) >= 11 is 4.23. The van der Waals surface area contributed by atoms with Gasteiger partial charge in [-0.3, -0.25) is 4.79 Å². The number of benzene rings is 1. The van der Waals surface area contributed by atoms with E-state index < -0.39 is 5.97 Å². The van der Waals surface area contributed by atoms with Crippen LogP contribution in [0.3, 0.4) is 0 Å². The summed E-state index contributed by atoms with van der Waals surface area (Å²) in [5.74, 6) is -0.850. The molecule has 5 heteroatoms. The Kier molecular flexibility index (Phi) is 2.17. The van der Waals surface area contributed by atoms with Gasteiger partial charge in [0.05, 0.1) is 18.3 Å². The zero-order valence-corrected chi connectivity index (χ0v) is 8.08. The molecule has 0 saturated carbocycles. The number of aromatic nitrogens is 2. The maximum atomic E-state index is 10.5. The summed E-state index contributed by atoms with van der Waals surface area (Å²) in [6, 6.07) is 3.50. The van der Waals surface area contributed by atoms with Crippen molar-refractivity contribution in [1.82, 2.24) is 9.97 Å². The quantitative estimate of drug-likeness (QED) is 0.655. The van der Waals surface area contributed by atoms with E-state index in [1.165, 1.54) is 0 Å². The van der Waals surface area contributed by atoms with Crippen LogP contribution in [0.2, 0.25) is 0 Å². The predicted molar refractivity (Wildman–Crippen MR) is 54.7 cm³/mol. The van der Waals surface area contributed by atoms with E-state index in [0.29, 0.717) is 4.90 Å². The molecule has 1 heterocycles. The van der Waals surface area contributed by atoms with Gasteiger partial charge in [-0.15, -0.1) is 12.6 Å². The molecule has 0 aliphatic heterocycles. The van der Waals surface area contributed by atoms with Crippen molar-refractivity contribution < 1.29 is 9.90 Å². The van der Waals surface area contributed by atoms with Crippen LogP contribution >= 0.6 is 12.6 Å². The number of nitrogens with one attached hydrogen (secondary N) is 1. The van der Waals surface area contributed by atoms with Crippen LogP contribution in [0.15, 0.2) is 23.4 Å². The zero-order chi connectivity index (χ0) is 10.1. The lowest BCUT2D eigenvalue weighted by molar-refractivity contribution is -0.136. The number of hydrogen-bond acceptors (Lipinski definition) is 3. The van der Waals surface area contributed by atoms with E-state index in [9.17, 15) is 4.79 Å². The number of thiol groups is 1. The van der Waals surface area contributed by atoms with Gasteiger partial charge in [0, 0.05) is 4.90 Å². The maximum Gasteiger partial charge on any atom is 0.307 e. The average Bonchev–Trinajstić information content (AvgIpc) is 2.50. The molecule has 0 atom stereocenters. The molecule has 0 aliphatic carbocycles. The number of carboxylic acid groups (broad SMARTS) is 1. The highest BCUT2D eigenvalue weighted by Crippen LogP contribution is 2.21. The first kappa shape index (κ1) is 9.08. The third-order valence-corrected chi connectivity index (χ3v) is 2.26.